The standard InChI is InChI=1S/C19H21FN4O2/c1-12(25)23-14-6-13(7-14)17-8-19(22-11-21-17)24-9-15(10-24)26-18-5-3-2-4-16(18)20/h2-5,8,11,13-15H,6-7,9-10H2,1H3,(H,23,25). The fraction of sp³-hybridized carbons (Fsp3) is 0.421. The van der Waals surface area contributed by atoms with Gasteiger partial charge in [0, 0.05) is 30.6 Å². The van der Waals surface area contributed by atoms with E-state index in [9.17, 15) is 9.18 Å². The maximum atomic E-state index is 13.6. The van der Waals surface area contributed by atoms with Gasteiger partial charge in [0.05, 0.1) is 13.1 Å². The van der Waals surface area contributed by atoms with Gasteiger partial charge < -0.3 is 15.0 Å². The van der Waals surface area contributed by atoms with Crippen LogP contribution in [0.1, 0.15) is 31.4 Å². The molecule has 1 saturated carbocycles. The summed E-state index contributed by atoms with van der Waals surface area (Å²) in [6.45, 7) is 2.88. The smallest absolute Gasteiger partial charge is 0.217 e. The highest BCUT2D eigenvalue weighted by Crippen LogP contribution is 2.37. The van der Waals surface area contributed by atoms with Gasteiger partial charge in [-0.15, -0.1) is 0 Å². The number of hydrogen-bond acceptors (Lipinski definition) is 5. The second kappa shape index (κ2) is 6.90. The van der Waals surface area contributed by atoms with E-state index in [-0.39, 0.29) is 23.9 Å². The minimum Gasteiger partial charge on any atom is -0.484 e. The summed E-state index contributed by atoms with van der Waals surface area (Å²) in [6.07, 6.45) is 3.36. The van der Waals surface area contributed by atoms with Crippen LogP contribution in [0.5, 0.6) is 5.75 Å². The number of nitrogens with zero attached hydrogens (tertiary/aromatic N) is 3. The molecule has 1 aliphatic carbocycles. The lowest BCUT2D eigenvalue weighted by Gasteiger charge is -2.40. The zero-order valence-corrected chi connectivity index (χ0v) is 14.6. The van der Waals surface area contributed by atoms with Crippen LogP contribution in [0.3, 0.4) is 0 Å². The Labute approximate surface area is 151 Å². The number of rotatable bonds is 5. The Hall–Kier alpha value is -2.70. The molecular formula is C19H21FN4O2. The van der Waals surface area contributed by atoms with Crippen molar-refractivity contribution in [2.24, 2.45) is 0 Å². The second-order valence-electron chi connectivity index (χ2n) is 6.94. The molecule has 0 atom stereocenters. The molecule has 1 aliphatic heterocycles. The molecule has 2 heterocycles. The average molecular weight is 356 g/mol. The second-order valence-corrected chi connectivity index (χ2v) is 6.94. The van der Waals surface area contributed by atoms with Crippen LogP contribution in [-0.2, 0) is 4.79 Å². The minimum absolute atomic E-state index is 0.0123. The monoisotopic (exact) mass is 356 g/mol. The summed E-state index contributed by atoms with van der Waals surface area (Å²) in [5.74, 6) is 1.19. The molecule has 1 aromatic carbocycles. The predicted molar refractivity (Wildman–Crippen MR) is 94.6 cm³/mol. The molecule has 1 aromatic heterocycles. The van der Waals surface area contributed by atoms with E-state index in [1.54, 1.807) is 31.5 Å². The Kier molecular flexibility index (Phi) is 4.44. The van der Waals surface area contributed by atoms with E-state index >= 15 is 0 Å². The van der Waals surface area contributed by atoms with Gasteiger partial charge in [-0.25, -0.2) is 14.4 Å². The zero-order valence-electron chi connectivity index (χ0n) is 14.6. The van der Waals surface area contributed by atoms with Crippen molar-refractivity contribution in [2.75, 3.05) is 18.0 Å². The summed E-state index contributed by atoms with van der Waals surface area (Å²) in [5, 5.41) is 2.93. The van der Waals surface area contributed by atoms with Crippen LogP contribution < -0.4 is 15.0 Å². The van der Waals surface area contributed by atoms with E-state index in [0.29, 0.717) is 24.8 Å². The number of carbonyl (C=O) groups is 1. The van der Waals surface area contributed by atoms with E-state index in [0.717, 1.165) is 24.4 Å². The first-order valence-corrected chi connectivity index (χ1v) is 8.83. The van der Waals surface area contributed by atoms with Crippen LogP contribution in [0.2, 0.25) is 0 Å². The summed E-state index contributed by atoms with van der Waals surface area (Å²) in [5.41, 5.74) is 1.01. The summed E-state index contributed by atoms with van der Waals surface area (Å²) >= 11 is 0. The van der Waals surface area contributed by atoms with Gasteiger partial charge in [-0.2, -0.15) is 0 Å². The largest absolute Gasteiger partial charge is 0.484 e. The molecular weight excluding hydrogens is 335 g/mol. The Morgan fingerprint density at radius 1 is 1.27 bits per heavy atom. The van der Waals surface area contributed by atoms with E-state index < -0.39 is 0 Å². The van der Waals surface area contributed by atoms with E-state index in [2.05, 4.69) is 20.2 Å². The number of amides is 1. The van der Waals surface area contributed by atoms with Crippen molar-refractivity contribution in [1.29, 1.82) is 0 Å². The van der Waals surface area contributed by atoms with Crippen LogP contribution in [0.15, 0.2) is 36.7 Å². The molecule has 136 valence electrons. The molecule has 0 radical (unpaired) electrons. The zero-order chi connectivity index (χ0) is 18.1. The normalized spacial score (nSPS) is 22.3. The van der Waals surface area contributed by atoms with Crippen molar-refractivity contribution >= 4 is 11.7 Å². The van der Waals surface area contributed by atoms with Crippen molar-refractivity contribution in [1.82, 2.24) is 15.3 Å². The number of para-hydroxylation sites is 1. The Bertz CT molecular complexity index is 804. The first kappa shape index (κ1) is 16.8. The van der Waals surface area contributed by atoms with Gasteiger partial charge in [-0.05, 0) is 25.0 Å². The van der Waals surface area contributed by atoms with Gasteiger partial charge >= 0.3 is 0 Å². The SMILES string of the molecule is CC(=O)NC1CC(c2cc(N3CC(Oc4ccccc4F)C3)ncn2)C1. The molecule has 1 saturated heterocycles. The number of ether oxygens (including phenoxy) is 1. The molecule has 2 aromatic rings. The van der Waals surface area contributed by atoms with Gasteiger partial charge in [0.15, 0.2) is 11.6 Å². The molecule has 0 spiro atoms. The summed E-state index contributed by atoms with van der Waals surface area (Å²) in [7, 11) is 0. The lowest BCUT2D eigenvalue weighted by molar-refractivity contribution is -0.120. The van der Waals surface area contributed by atoms with E-state index in [4.69, 9.17) is 4.74 Å². The van der Waals surface area contributed by atoms with Crippen molar-refractivity contribution in [3.8, 4) is 5.75 Å². The highest BCUT2D eigenvalue weighted by molar-refractivity contribution is 5.73. The van der Waals surface area contributed by atoms with Gasteiger partial charge in [-0.1, -0.05) is 12.1 Å². The van der Waals surface area contributed by atoms with E-state index in [1.807, 2.05) is 6.07 Å². The van der Waals surface area contributed by atoms with E-state index in [1.165, 1.54) is 6.07 Å². The van der Waals surface area contributed by atoms with Crippen LogP contribution >= 0.6 is 0 Å². The van der Waals surface area contributed by atoms with Crippen molar-refractivity contribution in [3.05, 3.63) is 48.2 Å². The van der Waals surface area contributed by atoms with Crippen molar-refractivity contribution in [2.45, 2.75) is 37.8 Å². The number of benzene rings is 1. The lowest BCUT2D eigenvalue weighted by Crippen LogP contribution is -2.54. The quantitative estimate of drug-likeness (QED) is 0.890. The highest BCUT2D eigenvalue weighted by Gasteiger charge is 2.34. The summed E-state index contributed by atoms with van der Waals surface area (Å²) in [6, 6.07) is 8.71. The Morgan fingerprint density at radius 3 is 2.77 bits per heavy atom. The number of aromatic nitrogens is 2. The third-order valence-electron chi connectivity index (χ3n) is 4.94. The fourth-order valence-electron chi connectivity index (χ4n) is 3.44. The maximum Gasteiger partial charge on any atom is 0.217 e. The maximum absolute atomic E-state index is 13.6. The van der Waals surface area contributed by atoms with Crippen LogP contribution in [0.25, 0.3) is 0 Å². The topological polar surface area (TPSA) is 67.4 Å². The predicted octanol–water partition coefficient (Wildman–Crippen LogP) is 2.27. The molecule has 2 fully saturated rings. The third-order valence-corrected chi connectivity index (χ3v) is 4.94. The van der Waals surface area contributed by atoms with Gasteiger partial charge in [0.2, 0.25) is 5.91 Å². The van der Waals surface area contributed by atoms with Gasteiger partial charge in [-0.3, -0.25) is 4.79 Å². The Balaban J connectivity index is 1.31. The lowest BCUT2D eigenvalue weighted by atomic mass is 9.78. The fourth-order valence-corrected chi connectivity index (χ4v) is 3.44. The van der Waals surface area contributed by atoms with Gasteiger partial charge in [0.1, 0.15) is 18.2 Å². The van der Waals surface area contributed by atoms with Crippen LogP contribution in [0.4, 0.5) is 10.2 Å². The number of halogens is 1. The number of anilines is 1. The molecule has 0 unspecified atom stereocenters. The minimum atomic E-state index is -0.339. The number of nitrogens with one attached hydrogen (secondary N) is 1. The van der Waals surface area contributed by atoms with Crippen molar-refractivity contribution < 1.29 is 13.9 Å². The molecule has 0 bridgehead atoms. The molecule has 1 amide bonds. The average Bonchev–Trinajstić information content (AvgIpc) is 2.55. The summed E-state index contributed by atoms with van der Waals surface area (Å²) in [4.78, 5) is 21.9. The highest BCUT2D eigenvalue weighted by atomic mass is 19.1. The van der Waals surface area contributed by atoms with Crippen molar-refractivity contribution in [3.63, 3.8) is 0 Å². The molecule has 1 N–H and O–H groups in total. The third kappa shape index (κ3) is 3.47. The molecule has 4 rings (SSSR count). The first-order valence-electron chi connectivity index (χ1n) is 8.83. The number of carbonyl (C=O) groups excluding carboxylic acids is 1. The molecule has 2 aliphatic rings. The van der Waals surface area contributed by atoms with Gasteiger partial charge in [0.25, 0.3) is 0 Å². The summed E-state index contributed by atoms with van der Waals surface area (Å²) < 4.78 is 19.3. The molecule has 26 heavy (non-hydrogen) atoms. The van der Waals surface area contributed by atoms with Crippen LogP contribution in [-0.4, -0.2) is 41.1 Å². The Morgan fingerprint density at radius 2 is 2.04 bits per heavy atom. The molecule has 6 nitrogen and oxygen atoms in total. The first-order chi connectivity index (χ1) is 12.6. The molecule has 7 heteroatoms. The van der Waals surface area contributed by atoms with Crippen LogP contribution in [0, 0.1) is 5.82 Å². The number of hydrogen-bond donors (Lipinski definition) is 1.